The summed E-state index contributed by atoms with van der Waals surface area (Å²) in [4.78, 5) is 16.5. The highest BCUT2D eigenvalue weighted by Crippen LogP contribution is 2.20. The monoisotopic (exact) mass is 332 g/mol. The molecule has 2 rings (SSSR count). The average molecular weight is 332 g/mol. The molecule has 2 unspecified atom stereocenters. The number of aliphatic hydroxyl groups excluding tert-OH is 1. The minimum Gasteiger partial charge on any atom is -0.393 e. The first kappa shape index (κ1) is 17.6. The zero-order valence-electron chi connectivity index (χ0n) is 13.7. The third-order valence-corrected chi connectivity index (χ3v) is 4.73. The first-order valence-corrected chi connectivity index (χ1v) is 8.89. The summed E-state index contributed by atoms with van der Waals surface area (Å²) in [5, 5.41) is 15.7. The molecule has 4 nitrogen and oxygen atoms in total. The molecular weight excluding hydrogens is 308 g/mol. The van der Waals surface area contributed by atoms with Crippen molar-refractivity contribution in [2.45, 2.75) is 45.1 Å². The summed E-state index contributed by atoms with van der Waals surface area (Å²) in [7, 11) is 0. The lowest BCUT2D eigenvalue weighted by Gasteiger charge is -2.19. The Morgan fingerprint density at radius 3 is 2.70 bits per heavy atom. The van der Waals surface area contributed by atoms with Gasteiger partial charge in [0.1, 0.15) is 0 Å². The van der Waals surface area contributed by atoms with E-state index in [2.05, 4.69) is 17.2 Å². The summed E-state index contributed by atoms with van der Waals surface area (Å²) in [5.74, 6) is 0.0891. The number of benzene rings is 1. The number of hydrogen-bond acceptors (Lipinski definition) is 4. The number of rotatable bonds is 8. The van der Waals surface area contributed by atoms with E-state index in [1.54, 1.807) is 18.3 Å². The number of carbonyl (C=O) groups excluding carboxylic acids is 1. The highest BCUT2D eigenvalue weighted by atomic mass is 32.1. The van der Waals surface area contributed by atoms with Gasteiger partial charge in [-0.2, -0.15) is 0 Å². The third kappa shape index (κ3) is 5.77. The van der Waals surface area contributed by atoms with Crippen molar-refractivity contribution in [3.05, 3.63) is 52.0 Å². The van der Waals surface area contributed by atoms with Crippen LogP contribution >= 0.6 is 11.3 Å². The second-order valence-corrected chi connectivity index (χ2v) is 6.70. The van der Waals surface area contributed by atoms with Crippen molar-refractivity contribution in [2.24, 2.45) is 0 Å². The largest absolute Gasteiger partial charge is 0.393 e. The molecule has 0 bridgehead atoms. The molecule has 2 atom stereocenters. The van der Waals surface area contributed by atoms with Gasteiger partial charge < -0.3 is 10.4 Å². The fraction of sp³-hybridized carbons (Fsp3) is 0.444. The quantitative estimate of drug-likeness (QED) is 0.781. The van der Waals surface area contributed by atoms with E-state index in [4.69, 9.17) is 0 Å². The predicted octanol–water partition coefficient (Wildman–Crippen LogP) is 2.92. The lowest BCUT2D eigenvalue weighted by atomic mass is 9.93. The maximum Gasteiger partial charge on any atom is 0.226 e. The molecule has 0 aliphatic heterocycles. The van der Waals surface area contributed by atoms with E-state index in [-0.39, 0.29) is 11.8 Å². The van der Waals surface area contributed by atoms with Crippen LogP contribution in [0.3, 0.4) is 0 Å². The van der Waals surface area contributed by atoms with Gasteiger partial charge in [-0.3, -0.25) is 4.79 Å². The minimum atomic E-state index is -0.400. The third-order valence-electron chi connectivity index (χ3n) is 3.69. The number of aromatic nitrogens is 1. The normalized spacial score (nSPS) is 13.5. The van der Waals surface area contributed by atoms with Crippen LogP contribution < -0.4 is 5.32 Å². The number of thiazole rings is 1. The summed E-state index contributed by atoms with van der Waals surface area (Å²) >= 11 is 1.60. The molecule has 0 spiro atoms. The highest BCUT2D eigenvalue weighted by molar-refractivity contribution is 7.09. The number of aryl methyl sites for hydroxylation is 1. The van der Waals surface area contributed by atoms with Crippen molar-refractivity contribution in [2.75, 3.05) is 6.54 Å². The molecular formula is C18H24N2O2S. The number of nitrogens with zero attached hydrogens (tertiary/aromatic N) is 1. The lowest BCUT2D eigenvalue weighted by molar-refractivity contribution is -0.120. The fourth-order valence-corrected chi connectivity index (χ4v) is 3.28. The van der Waals surface area contributed by atoms with Crippen LogP contribution in [-0.4, -0.2) is 28.6 Å². The Morgan fingerprint density at radius 1 is 1.35 bits per heavy atom. The molecule has 0 radical (unpaired) electrons. The first-order valence-electron chi connectivity index (χ1n) is 8.01. The Labute approximate surface area is 141 Å². The van der Waals surface area contributed by atoms with Crippen molar-refractivity contribution in [1.29, 1.82) is 0 Å². The van der Waals surface area contributed by atoms with E-state index in [1.165, 1.54) is 0 Å². The van der Waals surface area contributed by atoms with Gasteiger partial charge in [0.05, 0.1) is 23.2 Å². The lowest BCUT2D eigenvalue weighted by Crippen LogP contribution is -2.31. The Bertz CT molecular complexity index is 610. The number of hydrogen-bond donors (Lipinski definition) is 2. The van der Waals surface area contributed by atoms with Gasteiger partial charge in [-0.15, -0.1) is 11.3 Å². The first-order chi connectivity index (χ1) is 11.1. The molecule has 0 saturated heterocycles. The molecule has 0 aliphatic carbocycles. The summed E-state index contributed by atoms with van der Waals surface area (Å²) in [6.07, 6.45) is 1.44. The molecule has 1 aromatic heterocycles. The standard InChI is InChI=1S/C18H24N2O2S/c1-3-18-20-16(12-23-18)10-17(22)19-11-15(9-13(2)21)14-7-5-4-6-8-14/h4-8,12-13,15,21H,3,9-11H2,1-2H3,(H,19,22). The molecule has 2 N–H and O–H groups in total. The van der Waals surface area contributed by atoms with E-state index in [0.717, 1.165) is 22.7 Å². The van der Waals surface area contributed by atoms with Gasteiger partial charge >= 0.3 is 0 Å². The van der Waals surface area contributed by atoms with E-state index < -0.39 is 6.10 Å². The predicted molar refractivity (Wildman–Crippen MR) is 93.7 cm³/mol. The molecule has 0 fully saturated rings. The molecule has 1 amide bonds. The highest BCUT2D eigenvalue weighted by Gasteiger charge is 2.16. The topological polar surface area (TPSA) is 62.2 Å². The van der Waals surface area contributed by atoms with E-state index in [0.29, 0.717) is 19.4 Å². The minimum absolute atomic E-state index is 0.0236. The van der Waals surface area contributed by atoms with Gasteiger partial charge in [-0.25, -0.2) is 4.98 Å². The summed E-state index contributed by atoms with van der Waals surface area (Å²) < 4.78 is 0. The van der Waals surface area contributed by atoms with Gasteiger partial charge in [0.25, 0.3) is 0 Å². The van der Waals surface area contributed by atoms with E-state index in [9.17, 15) is 9.90 Å². The molecule has 2 aromatic rings. The summed E-state index contributed by atoms with van der Waals surface area (Å²) in [6, 6.07) is 10.00. The van der Waals surface area contributed by atoms with Crippen LogP contribution in [0.15, 0.2) is 35.7 Å². The van der Waals surface area contributed by atoms with Crippen LogP contribution in [0.1, 0.15) is 42.5 Å². The van der Waals surface area contributed by atoms with Crippen molar-refractivity contribution in [1.82, 2.24) is 10.3 Å². The molecule has 23 heavy (non-hydrogen) atoms. The molecule has 5 heteroatoms. The Hall–Kier alpha value is -1.72. The number of carbonyl (C=O) groups is 1. The van der Waals surface area contributed by atoms with Crippen molar-refractivity contribution in [3.63, 3.8) is 0 Å². The summed E-state index contributed by atoms with van der Waals surface area (Å²) in [5.41, 5.74) is 1.96. The zero-order valence-corrected chi connectivity index (χ0v) is 14.5. The molecule has 124 valence electrons. The van der Waals surface area contributed by atoms with Crippen molar-refractivity contribution < 1.29 is 9.90 Å². The Morgan fingerprint density at radius 2 is 2.09 bits per heavy atom. The van der Waals surface area contributed by atoms with Crippen LogP contribution in [0.4, 0.5) is 0 Å². The number of nitrogens with one attached hydrogen (secondary N) is 1. The smallest absolute Gasteiger partial charge is 0.226 e. The zero-order chi connectivity index (χ0) is 16.7. The second-order valence-electron chi connectivity index (χ2n) is 5.76. The maximum absolute atomic E-state index is 12.1. The van der Waals surface area contributed by atoms with Crippen LogP contribution in [0.25, 0.3) is 0 Å². The van der Waals surface area contributed by atoms with Crippen LogP contribution in [0, 0.1) is 0 Å². The van der Waals surface area contributed by atoms with Gasteiger partial charge in [-0.05, 0) is 25.3 Å². The van der Waals surface area contributed by atoms with Gasteiger partial charge in [0.15, 0.2) is 0 Å². The number of aliphatic hydroxyl groups is 1. The summed E-state index contributed by atoms with van der Waals surface area (Å²) in [6.45, 7) is 4.36. The van der Waals surface area contributed by atoms with Gasteiger partial charge in [-0.1, -0.05) is 37.3 Å². The number of amides is 1. The molecule has 1 aromatic carbocycles. The van der Waals surface area contributed by atoms with Crippen molar-refractivity contribution >= 4 is 17.2 Å². The van der Waals surface area contributed by atoms with E-state index in [1.807, 2.05) is 35.7 Å². The Kier molecular flexibility index (Phi) is 6.74. The SMILES string of the molecule is CCc1nc(CC(=O)NCC(CC(C)O)c2ccccc2)cs1. The maximum atomic E-state index is 12.1. The van der Waals surface area contributed by atoms with Crippen LogP contribution in [0.5, 0.6) is 0 Å². The van der Waals surface area contributed by atoms with Gasteiger partial charge in [0, 0.05) is 17.8 Å². The fourth-order valence-electron chi connectivity index (χ4n) is 2.53. The molecule has 1 heterocycles. The second kappa shape index (κ2) is 8.79. The average Bonchev–Trinajstić information content (AvgIpc) is 2.99. The van der Waals surface area contributed by atoms with Gasteiger partial charge in [0.2, 0.25) is 5.91 Å². The van der Waals surface area contributed by atoms with Crippen molar-refractivity contribution in [3.8, 4) is 0 Å². The van der Waals surface area contributed by atoms with E-state index >= 15 is 0 Å². The molecule has 0 saturated carbocycles. The Balaban J connectivity index is 1.91. The van der Waals surface area contributed by atoms with Crippen LogP contribution in [0.2, 0.25) is 0 Å². The van der Waals surface area contributed by atoms with Crippen LogP contribution in [-0.2, 0) is 17.6 Å². The molecule has 0 aliphatic rings.